The summed E-state index contributed by atoms with van der Waals surface area (Å²) in [7, 11) is 1.72. The maximum Gasteiger partial charge on any atom is 0.124 e. The van der Waals surface area contributed by atoms with E-state index < -0.39 is 10.8 Å². The number of rotatable bonds is 9. The summed E-state index contributed by atoms with van der Waals surface area (Å²) < 4.78 is 5.59. The van der Waals surface area contributed by atoms with Gasteiger partial charge in [-0.25, -0.2) is 0 Å². The van der Waals surface area contributed by atoms with Crippen LogP contribution < -0.4 is 0 Å². The number of aryl methyl sites for hydroxylation is 2. The van der Waals surface area contributed by atoms with Crippen LogP contribution in [0.15, 0.2) is 121 Å². The molecule has 2 aliphatic rings. The Kier molecular flexibility index (Phi) is 8.13. The van der Waals surface area contributed by atoms with Crippen molar-refractivity contribution in [2.75, 3.05) is 20.3 Å². The highest BCUT2D eigenvalue weighted by Crippen LogP contribution is 2.56. The van der Waals surface area contributed by atoms with Crippen molar-refractivity contribution in [2.45, 2.75) is 51.6 Å². The van der Waals surface area contributed by atoms with Crippen molar-refractivity contribution in [1.29, 1.82) is 0 Å². The summed E-state index contributed by atoms with van der Waals surface area (Å²) in [6.45, 7) is 10.8. The summed E-state index contributed by atoms with van der Waals surface area (Å²) in [5, 5.41) is 24.5. The van der Waals surface area contributed by atoms with E-state index in [1.54, 1.807) is 7.11 Å². The van der Waals surface area contributed by atoms with Gasteiger partial charge in [-0.15, -0.1) is 0 Å². The summed E-state index contributed by atoms with van der Waals surface area (Å²) in [4.78, 5) is 2.28. The van der Waals surface area contributed by atoms with Gasteiger partial charge < -0.3 is 14.9 Å². The third-order valence-corrected chi connectivity index (χ3v) is 11.6. The lowest BCUT2D eigenvalue weighted by molar-refractivity contribution is 0.138. The van der Waals surface area contributed by atoms with Crippen LogP contribution >= 0.6 is 0 Å². The molecule has 0 aromatic heterocycles. The van der Waals surface area contributed by atoms with Crippen LogP contribution in [-0.2, 0) is 28.7 Å². The molecule has 8 rings (SSSR count). The molecule has 0 radical (unpaired) electrons. The van der Waals surface area contributed by atoms with Crippen LogP contribution in [0.5, 0.6) is 11.5 Å². The Hall–Kier alpha value is -5.16. The highest BCUT2D eigenvalue weighted by atomic mass is 16.5. The molecule has 2 aliphatic carbocycles. The Morgan fingerprint density at radius 1 is 0.510 bits per heavy atom. The van der Waals surface area contributed by atoms with Gasteiger partial charge in [0.25, 0.3) is 0 Å². The van der Waals surface area contributed by atoms with Gasteiger partial charge in [-0.05, 0) is 72.2 Å². The van der Waals surface area contributed by atoms with Crippen LogP contribution in [0.25, 0.3) is 22.3 Å². The standard InChI is InChI=1S/C47H45NO3/c1-30-24-32(44(49)42(26-30)46(3)38-18-10-6-14-34(38)35-15-7-11-19-39(35)46)28-48(22-23-51-5)29-33-25-31(2)27-43(45(33)50)47(4)40-20-12-8-16-36(40)37-17-9-13-21-41(37)47/h6-21,24-27,49-50H,22-23,28-29H2,1-5H3. The molecule has 0 unspecified atom stereocenters. The fourth-order valence-corrected chi connectivity index (χ4v) is 9.11. The fraction of sp³-hybridized carbons (Fsp3) is 0.234. The molecule has 0 amide bonds. The molecule has 0 saturated carbocycles. The number of phenols is 2. The Morgan fingerprint density at radius 2 is 0.843 bits per heavy atom. The second-order valence-electron chi connectivity index (χ2n) is 14.8. The zero-order valence-electron chi connectivity index (χ0n) is 30.1. The molecular weight excluding hydrogens is 627 g/mol. The average Bonchev–Trinajstić information content (AvgIpc) is 3.56. The second-order valence-corrected chi connectivity index (χ2v) is 14.8. The third-order valence-electron chi connectivity index (χ3n) is 11.6. The number of phenolic OH excluding ortho intramolecular Hbond substituents is 2. The Bertz CT molecular complexity index is 2050. The van der Waals surface area contributed by atoms with Gasteiger partial charge in [-0.1, -0.05) is 132 Å². The molecule has 4 nitrogen and oxygen atoms in total. The van der Waals surface area contributed by atoms with Crippen LogP contribution in [-0.4, -0.2) is 35.4 Å². The first-order valence-electron chi connectivity index (χ1n) is 17.9. The number of ether oxygens (including phenoxy) is 1. The highest BCUT2D eigenvalue weighted by molar-refractivity contribution is 5.85. The van der Waals surface area contributed by atoms with Crippen LogP contribution in [0.2, 0.25) is 0 Å². The van der Waals surface area contributed by atoms with E-state index in [0.29, 0.717) is 37.7 Å². The predicted molar refractivity (Wildman–Crippen MR) is 207 cm³/mol. The maximum absolute atomic E-state index is 12.2. The van der Waals surface area contributed by atoms with E-state index in [1.165, 1.54) is 44.5 Å². The molecule has 4 heteroatoms. The lowest BCUT2D eigenvalue weighted by Crippen LogP contribution is -2.28. The fourth-order valence-electron chi connectivity index (χ4n) is 9.11. The first-order valence-corrected chi connectivity index (χ1v) is 17.9. The lowest BCUT2D eigenvalue weighted by Gasteiger charge is -2.32. The Labute approximate surface area is 301 Å². The second kappa shape index (κ2) is 12.6. The topological polar surface area (TPSA) is 52.9 Å². The molecular formula is C47H45NO3. The van der Waals surface area contributed by atoms with Crippen molar-refractivity contribution in [3.05, 3.63) is 177 Å². The molecule has 6 aromatic carbocycles. The van der Waals surface area contributed by atoms with Crippen molar-refractivity contribution in [1.82, 2.24) is 4.90 Å². The first-order chi connectivity index (χ1) is 24.7. The normalized spacial score (nSPS) is 14.6. The molecule has 0 heterocycles. The van der Waals surface area contributed by atoms with Crippen LogP contribution in [0.3, 0.4) is 0 Å². The van der Waals surface area contributed by atoms with E-state index in [-0.39, 0.29) is 0 Å². The van der Waals surface area contributed by atoms with E-state index in [2.05, 4.69) is 154 Å². The molecule has 51 heavy (non-hydrogen) atoms. The van der Waals surface area contributed by atoms with Gasteiger partial charge in [0.2, 0.25) is 0 Å². The van der Waals surface area contributed by atoms with Crippen LogP contribution in [0.1, 0.15) is 69.5 Å². The van der Waals surface area contributed by atoms with Crippen LogP contribution in [0.4, 0.5) is 0 Å². The molecule has 0 bridgehead atoms. The molecule has 0 spiro atoms. The molecule has 0 aliphatic heterocycles. The zero-order valence-corrected chi connectivity index (χ0v) is 30.1. The minimum Gasteiger partial charge on any atom is -0.507 e. The largest absolute Gasteiger partial charge is 0.507 e. The number of methoxy groups -OCH3 is 1. The van der Waals surface area contributed by atoms with E-state index in [4.69, 9.17) is 4.74 Å². The number of nitrogens with zero attached hydrogens (tertiary/aromatic N) is 1. The van der Waals surface area contributed by atoms with Gasteiger partial charge in [-0.3, -0.25) is 4.90 Å². The minimum absolute atomic E-state index is 0.317. The monoisotopic (exact) mass is 671 g/mol. The molecule has 0 atom stereocenters. The number of hydrogen-bond donors (Lipinski definition) is 2. The Balaban J connectivity index is 1.19. The van der Waals surface area contributed by atoms with Crippen molar-refractivity contribution >= 4 is 0 Å². The van der Waals surface area contributed by atoms with Gasteiger partial charge in [0.1, 0.15) is 11.5 Å². The predicted octanol–water partition coefficient (Wildman–Crippen LogP) is 10.0. The van der Waals surface area contributed by atoms with Crippen molar-refractivity contribution in [3.8, 4) is 33.8 Å². The van der Waals surface area contributed by atoms with Gasteiger partial charge in [0.15, 0.2) is 0 Å². The zero-order chi connectivity index (χ0) is 35.5. The number of fused-ring (bicyclic) bond motifs is 6. The smallest absolute Gasteiger partial charge is 0.124 e. The van der Waals surface area contributed by atoms with Gasteiger partial charge in [-0.2, -0.15) is 0 Å². The molecule has 256 valence electrons. The quantitative estimate of drug-likeness (QED) is 0.161. The molecule has 2 N–H and O–H groups in total. The maximum atomic E-state index is 12.2. The summed E-state index contributed by atoms with van der Waals surface area (Å²) in [6.07, 6.45) is 0. The lowest BCUT2D eigenvalue weighted by atomic mass is 9.73. The van der Waals surface area contributed by atoms with Gasteiger partial charge in [0.05, 0.1) is 6.61 Å². The van der Waals surface area contributed by atoms with E-state index >= 15 is 0 Å². The van der Waals surface area contributed by atoms with Gasteiger partial charge in [0, 0.05) is 59.8 Å². The Morgan fingerprint density at radius 3 is 1.18 bits per heavy atom. The van der Waals surface area contributed by atoms with Crippen molar-refractivity contribution in [3.63, 3.8) is 0 Å². The molecule has 0 saturated heterocycles. The van der Waals surface area contributed by atoms with Gasteiger partial charge >= 0.3 is 0 Å². The van der Waals surface area contributed by atoms with E-state index in [0.717, 1.165) is 33.4 Å². The molecule has 6 aromatic rings. The SMILES string of the molecule is COCCN(Cc1cc(C)cc(C2(C)c3ccccc3-c3ccccc32)c1O)Cc1cc(C)cc(C2(C)c3ccccc3-c3ccccc32)c1O. The number of benzene rings is 6. The third kappa shape index (κ3) is 5.12. The average molecular weight is 672 g/mol. The van der Waals surface area contributed by atoms with Crippen molar-refractivity contribution < 1.29 is 14.9 Å². The number of aromatic hydroxyl groups is 2. The summed E-state index contributed by atoms with van der Waals surface area (Å²) >= 11 is 0. The van der Waals surface area contributed by atoms with E-state index in [1.807, 2.05) is 0 Å². The number of hydrogen-bond acceptors (Lipinski definition) is 4. The molecule has 0 fully saturated rings. The highest BCUT2D eigenvalue weighted by Gasteiger charge is 2.44. The summed E-state index contributed by atoms with van der Waals surface area (Å²) in [5.74, 6) is 0.635. The summed E-state index contributed by atoms with van der Waals surface area (Å²) in [5.41, 5.74) is 14.4. The van der Waals surface area contributed by atoms with Crippen molar-refractivity contribution in [2.24, 2.45) is 0 Å². The van der Waals surface area contributed by atoms with Crippen LogP contribution in [0, 0.1) is 13.8 Å². The minimum atomic E-state index is -0.511. The van der Waals surface area contributed by atoms with E-state index in [9.17, 15) is 10.2 Å². The summed E-state index contributed by atoms with van der Waals surface area (Å²) in [6, 6.07) is 42.8. The first kappa shape index (κ1) is 33.0.